The summed E-state index contributed by atoms with van der Waals surface area (Å²) in [5.41, 5.74) is 8.07. The van der Waals surface area contributed by atoms with Gasteiger partial charge in [0.05, 0.1) is 24.2 Å². The minimum absolute atomic E-state index is 0.0828. The van der Waals surface area contributed by atoms with Crippen molar-refractivity contribution in [2.24, 2.45) is 5.73 Å². The van der Waals surface area contributed by atoms with Gasteiger partial charge in [-0.25, -0.2) is 4.98 Å². The van der Waals surface area contributed by atoms with Crippen molar-refractivity contribution in [3.8, 4) is 5.75 Å². The van der Waals surface area contributed by atoms with Gasteiger partial charge in [0.2, 0.25) is 0 Å². The summed E-state index contributed by atoms with van der Waals surface area (Å²) in [6, 6.07) is 5.87. The van der Waals surface area contributed by atoms with Gasteiger partial charge in [0.15, 0.2) is 0 Å². The molecule has 0 bridgehead atoms. The third-order valence-electron chi connectivity index (χ3n) is 3.16. The second-order valence-corrected chi connectivity index (χ2v) is 5.07. The van der Waals surface area contributed by atoms with Crippen LogP contribution in [0.1, 0.15) is 18.8 Å². The van der Waals surface area contributed by atoms with E-state index in [4.69, 9.17) is 10.5 Å². The number of aromatic nitrogens is 2. The summed E-state index contributed by atoms with van der Waals surface area (Å²) in [6.07, 6.45) is 0. The smallest absolute Gasteiger partial charge is 0.126 e. The molecular formula is C14H22N4O. The van der Waals surface area contributed by atoms with Gasteiger partial charge in [-0.05, 0) is 33.2 Å². The van der Waals surface area contributed by atoms with Crippen molar-refractivity contribution in [3.63, 3.8) is 0 Å². The van der Waals surface area contributed by atoms with Gasteiger partial charge in [-0.2, -0.15) is 0 Å². The number of fused-ring (bicyclic) bond motifs is 1. The number of ether oxygens (including phenoxy) is 1. The molecule has 0 saturated carbocycles. The normalized spacial score (nSPS) is 13.2. The van der Waals surface area contributed by atoms with Crippen LogP contribution in [0.15, 0.2) is 18.2 Å². The molecule has 2 rings (SSSR count). The number of imidazole rings is 1. The molecule has 104 valence electrons. The number of methoxy groups -OCH3 is 1. The number of nitrogens with two attached hydrogens (primary N) is 1. The maximum absolute atomic E-state index is 6.03. The minimum Gasteiger partial charge on any atom is -0.497 e. The molecule has 1 atom stereocenters. The van der Waals surface area contributed by atoms with Gasteiger partial charge in [-0.3, -0.25) is 0 Å². The van der Waals surface area contributed by atoms with E-state index in [1.54, 1.807) is 7.11 Å². The molecular weight excluding hydrogens is 240 g/mol. The highest BCUT2D eigenvalue weighted by Gasteiger charge is 2.14. The average molecular weight is 262 g/mol. The van der Waals surface area contributed by atoms with Crippen LogP contribution >= 0.6 is 0 Å². The zero-order chi connectivity index (χ0) is 14.0. The first-order valence-electron chi connectivity index (χ1n) is 6.47. The molecule has 0 spiro atoms. The third-order valence-corrected chi connectivity index (χ3v) is 3.16. The first-order chi connectivity index (χ1) is 9.02. The molecule has 0 aliphatic rings. The molecule has 0 aliphatic carbocycles. The van der Waals surface area contributed by atoms with E-state index in [-0.39, 0.29) is 6.04 Å². The molecule has 5 heteroatoms. The number of hydrogen-bond donors (Lipinski definition) is 1. The molecule has 2 aromatic rings. The molecule has 0 amide bonds. The van der Waals surface area contributed by atoms with Crippen molar-refractivity contribution < 1.29 is 4.74 Å². The highest BCUT2D eigenvalue weighted by atomic mass is 16.5. The van der Waals surface area contributed by atoms with Crippen LogP contribution in [0.4, 0.5) is 0 Å². The van der Waals surface area contributed by atoms with E-state index in [0.29, 0.717) is 0 Å². The molecule has 2 N–H and O–H groups in total. The SMILES string of the molecule is COc1ccc2c(c1)nc(C(C)N)n2CCN(C)C. The fraction of sp³-hybridized carbons (Fsp3) is 0.500. The van der Waals surface area contributed by atoms with Crippen LogP contribution in [0.3, 0.4) is 0 Å². The fourth-order valence-corrected chi connectivity index (χ4v) is 2.14. The Morgan fingerprint density at radius 2 is 2.16 bits per heavy atom. The molecule has 19 heavy (non-hydrogen) atoms. The third kappa shape index (κ3) is 2.88. The van der Waals surface area contributed by atoms with Crippen LogP contribution in [-0.2, 0) is 6.54 Å². The lowest BCUT2D eigenvalue weighted by molar-refractivity contribution is 0.381. The molecule has 5 nitrogen and oxygen atoms in total. The van der Waals surface area contributed by atoms with E-state index in [1.807, 2.05) is 25.1 Å². The largest absolute Gasteiger partial charge is 0.497 e. The lowest BCUT2D eigenvalue weighted by Crippen LogP contribution is -2.21. The molecule has 0 radical (unpaired) electrons. The minimum atomic E-state index is -0.0828. The van der Waals surface area contributed by atoms with Crippen molar-refractivity contribution in [1.29, 1.82) is 0 Å². The van der Waals surface area contributed by atoms with Gasteiger partial charge in [0, 0.05) is 19.2 Å². The van der Waals surface area contributed by atoms with Gasteiger partial charge in [-0.1, -0.05) is 0 Å². The summed E-state index contributed by atoms with van der Waals surface area (Å²) in [4.78, 5) is 6.79. The van der Waals surface area contributed by atoms with E-state index < -0.39 is 0 Å². The van der Waals surface area contributed by atoms with Crippen molar-refractivity contribution in [3.05, 3.63) is 24.0 Å². The van der Waals surface area contributed by atoms with E-state index in [0.717, 1.165) is 35.7 Å². The number of hydrogen-bond acceptors (Lipinski definition) is 4. The fourth-order valence-electron chi connectivity index (χ4n) is 2.14. The van der Waals surface area contributed by atoms with Crippen molar-refractivity contribution in [2.75, 3.05) is 27.7 Å². The predicted octanol–water partition coefficient (Wildman–Crippen LogP) is 1.63. The van der Waals surface area contributed by atoms with E-state index in [2.05, 4.69) is 28.5 Å². The first-order valence-corrected chi connectivity index (χ1v) is 6.47. The Bertz CT molecular complexity index is 560. The lowest BCUT2D eigenvalue weighted by atomic mass is 10.3. The number of nitrogens with zero attached hydrogens (tertiary/aromatic N) is 3. The quantitative estimate of drug-likeness (QED) is 0.889. The molecule has 0 aliphatic heterocycles. The Balaban J connectivity index is 2.47. The highest BCUT2D eigenvalue weighted by molar-refractivity contribution is 5.78. The van der Waals surface area contributed by atoms with Crippen molar-refractivity contribution in [1.82, 2.24) is 14.5 Å². The van der Waals surface area contributed by atoms with E-state index in [1.165, 1.54) is 0 Å². The summed E-state index contributed by atoms with van der Waals surface area (Å²) < 4.78 is 7.44. The van der Waals surface area contributed by atoms with Crippen LogP contribution in [-0.4, -0.2) is 42.2 Å². The molecule has 1 heterocycles. The van der Waals surface area contributed by atoms with Crippen LogP contribution in [0, 0.1) is 0 Å². The number of benzene rings is 1. The Labute approximate surface area is 114 Å². The van der Waals surface area contributed by atoms with Crippen molar-refractivity contribution >= 4 is 11.0 Å². The Kier molecular flexibility index (Phi) is 4.07. The zero-order valence-electron chi connectivity index (χ0n) is 12.1. The summed E-state index contributed by atoms with van der Waals surface area (Å²) in [6.45, 7) is 3.80. The molecule has 1 aromatic carbocycles. The lowest BCUT2D eigenvalue weighted by Gasteiger charge is -2.14. The van der Waals surface area contributed by atoms with Gasteiger partial charge in [-0.15, -0.1) is 0 Å². The van der Waals surface area contributed by atoms with Gasteiger partial charge < -0.3 is 19.9 Å². The maximum atomic E-state index is 6.03. The Hall–Kier alpha value is -1.59. The van der Waals surface area contributed by atoms with Crippen LogP contribution in [0.2, 0.25) is 0 Å². The van der Waals surface area contributed by atoms with Gasteiger partial charge >= 0.3 is 0 Å². The monoisotopic (exact) mass is 262 g/mol. The van der Waals surface area contributed by atoms with Crippen LogP contribution < -0.4 is 10.5 Å². The number of likely N-dealkylation sites (N-methyl/N-ethyl adjacent to an activating group) is 1. The highest BCUT2D eigenvalue weighted by Crippen LogP contribution is 2.23. The van der Waals surface area contributed by atoms with Gasteiger partial charge in [0.25, 0.3) is 0 Å². The Morgan fingerprint density at radius 3 is 2.74 bits per heavy atom. The van der Waals surface area contributed by atoms with Crippen molar-refractivity contribution in [2.45, 2.75) is 19.5 Å². The molecule has 0 saturated heterocycles. The number of rotatable bonds is 5. The van der Waals surface area contributed by atoms with E-state index in [9.17, 15) is 0 Å². The van der Waals surface area contributed by atoms with Gasteiger partial charge in [0.1, 0.15) is 11.6 Å². The maximum Gasteiger partial charge on any atom is 0.126 e. The Morgan fingerprint density at radius 1 is 1.42 bits per heavy atom. The molecule has 1 aromatic heterocycles. The predicted molar refractivity (Wildman–Crippen MR) is 77.4 cm³/mol. The topological polar surface area (TPSA) is 56.3 Å². The second kappa shape index (κ2) is 5.59. The standard InChI is InChI=1S/C14H22N4O/c1-10(15)14-16-12-9-11(19-4)5-6-13(12)18(14)8-7-17(2)3/h5-6,9-10H,7-8,15H2,1-4H3. The average Bonchev–Trinajstić information content (AvgIpc) is 2.73. The van der Waals surface area contributed by atoms with Crippen LogP contribution in [0.5, 0.6) is 5.75 Å². The first kappa shape index (κ1) is 13.8. The molecule has 1 unspecified atom stereocenters. The van der Waals surface area contributed by atoms with Crippen LogP contribution in [0.25, 0.3) is 11.0 Å². The summed E-state index contributed by atoms with van der Waals surface area (Å²) in [7, 11) is 5.79. The molecule has 0 fully saturated rings. The van der Waals surface area contributed by atoms with E-state index >= 15 is 0 Å². The second-order valence-electron chi connectivity index (χ2n) is 5.07. The summed E-state index contributed by atoms with van der Waals surface area (Å²) >= 11 is 0. The summed E-state index contributed by atoms with van der Waals surface area (Å²) in [5, 5.41) is 0. The summed E-state index contributed by atoms with van der Waals surface area (Å²) in [5.74, 6) is 1.74. The zero-order valence-corrected chi connectivity index (χ0v) is 12.1.